The molecule has 1 saturated carbocycles. The van der Waals surface area contributed by atoms with Gasteiger partial charge in [-0.3, -0.25) is 0 Å². The summed E-state index contributed by atoms with van der Waals surface area (Å²) in [6, 6.07) is 6.77. The molecule has 1 N–H and O–H groups in total. The molecule has 1 aromatic carbocycles. The third-order valence-electron chi connectivity index (χ3n) is 4.24. The number of benzene rings is 1. The number of hydrogen-bond donors (Lipinski definition) is 1. The Morgan fingerprint density at radius 1 is 1.24 bits per heavy atom. The van der Waals surface area contributed by atoms with E-state index in [1.54, 1.807) is 0 Å². The van der Waals surface area contributed by atoms with Gasteiger partial charge in [-0.05, 0) is 43.5 Å². The molecule has 1 atom stereocenters. The van der Waals surface area contributed by atoms with Gasteiger partial charge in [0.15, 0.2) is 11.5 Å². The van der Waals surface area contributed by atoms with E-state index in [9.17, 15) is 0 Å². The van der Waals surface area contributed by atoms with Crippen molar-refractivity contribution in [2.75, 3.05) is 19.1 Å². The number of ether oxygens (including phenoxy) is 2. The van der Waals surface area contributed by atoms with Crippen molar-refractivity contribution in [2.45, 2.75) is 50.3 Å². The molecule has 4 heteroatoms. The quantitative estimate of drug-likeness (QED) is 0.820. The van der Waals surface area contributed by atoms with Crippen molar-refractivity contribution < 1.29 is 9.47 Å². The van der Waals surface area contributed by atoms with Crippen LogP contribution >= 0.6 is 11.8 Å². The smallest absolute Gasteiger partial charge is 0.231 e. The highest BCUT2D eigenvalue weighted by Gasteiger charge is 2.21. The third-order valence-corrected chi connectivity index (χ3v) is 5.71. The maximum atomic E-state index is 5.51. The van der Waals surface area contributed by atoms with Crippen molar-refractivity contribution in [1.82, 2.24) is 5.32 Å². The largest absolute Gasteiger partial charge is 0.454 e. The molecule has 1 fully saturated rings. The Labute approximate surface area is 131 Å². The van der Waals surface area contributed by atoms with Crippen LogP contribution in [0.3, 0.4) is 0 Å². The van der Waals surface area contributed by atoms with Crippen molar-refractivity contribution >= 4 is 11.8 Å². The lowest BCUT2D eigenvalue weighted by Gasteiger charge is -2.21. The standard InChI is InChI=1S/C17H25NO2S/c1-2-9-18-15(11-21-14-5-3-4-6-14)13-7-8-16-17(10-13)20-12-19-16/h7-8,10,14-15,18H,2-6,9,11-12H2,1H3. The van der Waals surface area contributed by atoms with Gasteiger partial charge in [0.1, 0.15) is 0 Å². The zero-order valence-electron chi connectivity index (χ0n) is 12.8. The number of nitrogens with one attached hydrogen (secondary N) is 1. The lowest BCUT2D eigenvalue weighted by molar-refractivity contribution is 0.174. The summed E-state index contributed by atoms with van der Waals surface area (Å²) < 4.78 is 10.9. The maximum Gasteiger partial charge on any atom is 0.231 e. The van der Waals surface area contributed by atoms with E-state index in [-0.39, 0.29) is 0 Å². The second kappa shape index (κ2) is 7.41. The van der Waals surface area contributed by atoms with E-state index in [0.717, 1.165) is 35.5 Å². The molecule has 21 heavy (non-hydrogen) atoms. The van der Waals surface area contributed by atoms with Crippen LogP contribution < -0.4 is 14.8 Å². The van der Waals surface area contributed by atoms with Crippen molar-refractivity contribution in [2.24, 2.45) is 0 Å². The van der Waals surface area contributed by atoms with E-state index in [1.165, 1.54) is 31.2 Å². The zero-order valence-corrected chi connectivity index (χ0v) is 13.6. The first-order valence-electron chi connectivity index (χ1n) is 8.11. The summed E-state index contributed by atoms with van der Waals surface area (Å²) in [5.74, 6) is 2.91. The molecule has 0 bridgehead atoms. The zero-order chi connectivity index (χ0) is 14.5. The number of fused-ring (bicyclic) bond motifs is 1. The van der Waals surface area contributed by atoms with Gasteiger partial charge in [0.2, 0.25) is 6.79 Å². The van der Waals surface area contributed by atoms with Crippen LogP contribution in [0.15, 0.2) is 18.2 Å². The highest BCUT2D eigenvalue weighted by atomic mass is 32.2. The van der Waals surface area contributed by atoms with Crippen molar-refractivity contribution in [1.29, 1.82) is 0 Å². The number of hydrogen-bond acceptors (Lipinski definition) is 4. The Bertz CT molecular complexity index is 460. The molecule has 0 spiro atoms. The molecular formula is C17H25NO2S. The molecule has 0 aromatic heterocycles. The molecule has 0 saturated heterocycles. The van der Waals surface area contributed by atoms with E-state index in [4.69, 9.17) is 9.47 Å². The molecule has 1 heterocycles. The van der Waals surface area contributed by atoms with Gasteiger partial charge >= 0.3 is 0 Å². The molecule has 1 aliphatic heterocycles. The van der Waals surface area contributed by atoms with Crippen LogP contribution in [0.25, 0.3) is 0 Å². The summed E-state index contributed by atoms with van der Waals surface area (Å²) in [5, 5.41) is 4.55. The number of thioether (sulfide) groups is 1. The average Bonchev–Trinajstić information content (AvgIpc) is 3.17. The van der Waals surface area contributed by atoms with Crippen molar-refractivity contribution in [3.05, 3.63) is 23.8 Å². The second-order valence-corrected chi connectivity index (χ2v) is 7.19. The fourth-order valence-electron chi connectivity index (χ4n) is 3.01. The van der Waals surface area contributed by atoms with Crippen LogP contribution in [-0.2, 0) is 0 Å². The SMILES string of the molecule is CCCNC(CSC1CCCC1)c1ccc2c(c1)OCO2. The van der Waals surface area contributed by atoms with Crippen LogP contribution in [0.4, 0.5) is 0 Å². The Morgan fingerprint density at radius 3 is 2.86 bits per heavy atom. The molecule has 116 valence electrons. The normalized spacial score (nSPS) is 19.1. The molecule has 3 rings (SSSR count). The molecule has 0 amide bonds. The predicted molar refractivity (Wildman–Crippen MR) is 88.3 cm³/mol. The summed E-state index contributed by atoms with van der Waals surface area (Å²) in [4.78, 5) is 0. The molecule has 2 aliphatic rings. The minimum atomic E-state index is 0.350. The summed E-state index contributed by atoms with van der Waals surface area (Å²) in [5.41, 5.74) is 1.32. The Balaban J connectivity index is 1.65. The highest BCUT2D eigenvalue weighted by Crippen LogP contribution is 2.36. The molecule has 1 unspecified atom stereocenters. The average molecular weight is 307 g/mol. The topological polar surface area (TPSA) is 30.5 Å². The molecule has 1 aromatic rings. The monoisotopic (exact) mass is 307 g/mol. The minimum absolute atomic E-state index is 0.350. The van der Waals surface area contributed by atoms with Crippen molar-refractivity contribution in [3.8, 4) is 11.5 Å². The first kappa shape index (κ1) is 15.0. The van der Waals surface area contributed by atoms with Gasteiger partial charge < -0.3 is 14.8 Å². The van der Waals surface area contributed by atoms with Gasteiger partial charge in [0.05, 0.1) is 0 Å². The second-order valence-electron chi connectivity index (χ2n) is 5.86. The van der Waals surface area contributed by atoms with Crippen molar-refractivity contribution in [3.63, 3.8) is 0 Å². The first-order chi connectivity index (χ1) is 10.4. The van der Waals surface area contributed by atoms with Crippen LogP contribution in [-0.4, -0.2) is 24.3 Å². The van der Waals surface area contributed by atoms with Crippen LogP contribution in [0.1, 0.15) is 50.6 Å². The number of rotatable bonds is 7. The fraction of sp³-hybridized carbons (Fsp3) is 0.647. The van der Waals surface area contributed by atoms with Gasteiger partial charge in [-0.15, -0.1) is 0 Å². The Morgan fingerprint density at radius 2 is 2.05 bits per heavy atom. The summed E-state index contributed by atoms with van der Waals surface area (Å²) >= 11 is 2.14. The predicted octanol–water partition coefficient (Wildman–Crippen LogP) is 4.13. The van der Waals surface area contributed by atoms with Crippen LogP contribution in [0.2, 0.25) is 0 Å². The fourth-order valence-corrected chi connectivity index (χ4v) is 4.45. The lowest BCUT2D eigenvalue weighted by atomic mass is 10.1. The van der Waals surface area contributed by atoms with E-state index in [2.05, 4.69) is 36.1 Å². The summed E-state index contributed by atoms with van der Waals surface area (Å²) in [7, 11) is 0. The van der Waals surface area contributed by atoms with Crippen LogP contribution in [0, 0.1) is 0 Å². The highest BCUT2D eigenvalue weighted by molar-refractivity contribution is 7.99. The van der Waals surface area contributed by atoms with E-state index < -0.39 is 0 Å². The Kier molecular flexibility index (Phi) is 5.31. The summed E-state index contributed by atoms with van der Waals surface area (Å²) in [6.07, 6.45) is 6.78. The minimum Gasteiger partial charge on any atom is -0.454 e. The van der Waals surface area contributed by atoms with Gasteiger partial charge in [0, 0.05) is 17.0 Å². The van der Waals surface area contributed by atoms with Gasteiger partial charge in [0.25, 0.3) is 0 Å². The summed E-state index contributed by atoms with van der Waals surface area (Å²) in [6.45, 7) is 3.63. The van der Waals surface area contributed by atoms with E-state index >= 15 is 0 Å². The maximum absolute atomic E-state index is 5.51. The molecule has 0 radical (unpaired) electrons. The lowest BCUT2D eigenvalue weighted by Crippen LogP contribution is -2.24. The van der Waals surface area contributed by atoms with E-state index in [1.807, 2.05) is 6.07 Å². The molecular weight excluding hydrogens is 282 g/mol. The van der Waals surface area contributed by atoms with Gasteiger partial charge in [-0.25, -0.2) is 0 Å². The Hall–Kier alpha value is -0.870. The third kappa shape index (κ3) is 3.86. The van der Waals surface area contributed by atoms with Crippen LogP contribution in [0.5, 0.6) is 11.5 Å². The molecule has 3 nitrogen and oxygen atoms in total. The van der Waals surface area contributed by atoms with Gasteiger partial charge in [-0.1, -0.05) is 25.8 Å². The van der Waals surface area contributed by atoms with E-state index in [0.29, 0.717) is 12.8 Å². The molecule has 1 aliphatic carbocycles. The van der Waals surface area contributed by atoms with Gasteiger partial charge in [-0.2, -0.15) is 11.8 Å². The first-order valence-corrected chi connectivity index (χ1v) is 9.16.